The van der Waals surface area contributed by atoms with E-state index in [4.69, 9.17) is 4.74 Å². The molecular formula is C27H29N3O3. The standard InChI is InChI=1S/C27H29N3O3/c1-19-26(21-8-5-4-6-9-21)30(27(32)29(19)2)25(31)17-23(22-10-7-15-28-18-22)16-20-11-13-24(33-3)14-12-20/h4-15,18-19,23,26H,16-17H2,1-3H3/t19?,23-,26+/m0/s1. The van der Waals surface area contributed by atoms with Crippen LogP contribution in [-0.4, -0.2) is 46.9 Å². The average Bonchev–Trinajstić information content (AvgIpc) is 3.09. The van der Waals surface area contributed by atoms with Gasteiger partial charge in [0.15, 0.2) is 0 Å². The molecule has 0 bridgehead atoms. The zero-order chi connectivity index (χ0) is 23.4. The van der Waals surface area contributed by atoms with E-state index in [-0.39, 0.29) is 36.4 Å². The number of pyridine rings is 1. The summed E-state index contributed by atoms with van der Waals surface area (Å²) in [6, 6.07) is 20.8. The largest absolute Gasteiger partial charge is 0.497 e. The van der Waals surface area contributed by atoms with Crippen molar-refractivity contribution in [3.05, 3.63) is 95.8 Å². The fourth-order valence-corrected chi connectivity index (χ4v) is 4.51. The van der Waals surface area contributed by atoms with Gasteiger partial charge in [-0.05, 0) is 54.2 Å². The average molecular weight is 444 g/mol. The summed E-state index contributed by atoms with van der Waals surface area (Å²) in [5.41, 5.74) is 3.03. The number of benzene rings is 2. The van der Waals surface area contributed by atoms with Crippen LogP contribution in [0.3, 0.4) is 0 Å². The molecule has 4 rings (SSSR count). The highest BCUT2D eigenvalue weighted by atomic mass is 16.5. The van der Waals surface area contributed by atoms with E-state index < -0.39 is 0 Å². The number of carbonyl (C=O) groups excluding carboxylic acids is 2. The quantitative estimate of drug-likeness (QED) is 0.525. The Hall–Kier alpha value is -3.67. The van der Waals surface area contributed by atoms with Crippen LogP contribution in [0.5, 0.6) is 5.75 Å². The Kier molecular flexibility index (Phi) is 6.73. The Labute approximate surface area is 194 Å². The molecule has 0 N–H and O–H groups in total. The van der Waals surface area contributed by atoms with Crippen LogP contribution in [0.25, 0.3) is 0 Å². The summed E-state index contributed by atoms with van der Waals surface area (Å²) in [5, 5.41) is 0. The lowest BCUT2D eigenvalue weighted by molar-refractivity contribution is -0.129. The van der Waals surface area contributed by atoms with E-state index in [0.717, 1.165) is 22.4 Å². The minimum atomic E-state index is -0.313. The molecule has 1 saturated heterocycles. The van der Waals surface area contributed by atoms with Crippen molar-refractivity contribution in [1.82, 2.24) is 14.8 Å². The van der Waals surface area contributed by atoms with E-state index >= 15 is 0 Å². The number of ether oxygens (including phenoxy) is 1. The van der Waals surface area contributed by atoms with Crippen LogP contribution in [0.4, 0.5) is 4.79 Å². The maximum absolute atomic E-state index is 13.6. The molecule has 3 atom stereocenters. The van der Waals surface area contributed by atoms with Crippen molar-refractivity contribution in [3.8, 4) is 5.75 Å². The highest BCUT2D eigenvalue weighted by molar-refractivity contribution is 5.97. The fraction of sp³-hybridized carbons (Fsp3) is 0.296. The smallest absolute Gasteiger partial charge is 0.327 e. The molecule has 1 aliphatic heterocycles. The third-order valence-corrected chi connectivity index (χ3v) is 6.48. The zero-order valence-electron chi connectivity index (χ0n) is 19.2. The van der Waals surface area contributed by atoms with E-state index in [9.17, 15) is 9.59 Å². The van der Waals surface area contributed by atoms with Crippen molar-refractivity contribution in [2.75, 3.05) is 14.2 Å². The summed E-state index contributed by atoms with van der Waals surface area (Å²) in [6.45, 7) is 1.98. The Balaban J connectivity index is 1.61. The first-order valence-electron chi connectivity index (χ1n) is 11.2. The fourth-order valence-electron chi connectivity index (χ4n) is 4.51. The number of hydrogen-bond donors (Lipinski definition) is 0. The molecular weight excluding hydrogens is 414 g/mol. The number of carbonyl (C=O) groups is 2. The second-order valence-corrected chi connectivity index (χ2v) is 8.49. The highest BCUT2D eigenvalue weighted by Gasteiger charge is 2.45. The Morgan fingerprint density at radius 2 is 1.79 bits per heavy atom. The van der Waals surface area contributed by atoms with E-state index in [1.54, 1.807) is 31.5 Å². The lowest BCUT2D eigenvalue weighted by atomic mass is 9.89. The number of urea groups is 1. The highest BCUT2D eigenvalue weighted by Crippen LogP contribution is 2.36. The molecule has 1 aliphatic rings. The summed E-state index contributed by atoms with van der Waals surface area (Å²) in [4.78, 5) is 34.1. The molecule has 0 saturated carbocycles. The summed E-state index contributed by atoms with van der Waals surface area (Å²) in [5.74, 6) is 0.510. The van der Waals surface area contributed by atoms with Crippen LogP contribution < -0.4 is 4.74 Å². The second-order valence-electron chi connectivity index (χ2n) is 8.49. The van der Waals surface area contributed by atoms with Gasteiger partial charge in [-0.2, -0.15) is 0 Å². The molecule has 1 unspecified atom stereocenters. The molecule has 2 heterocycles. The monoisotopic (exact) mass is 443 g/mol. The SMILES string of the molecule is COc1ccc(C[C@@H](CC(=O)N2C(=O)N(C)C(C)[C@@H]2c2ccccc2)c2cccnc2)cc1. The molecule has 170 valence electrons. The maximum Gasteiger partial charge on any atom is 0.327 e. The van der Waals surface area contributed by atoms with Gasteiger partial charge in [0.2, 0.25) is 5.91 Å². The third kappa shape index (κ3) is 4.75. The Morgan fingerprint density at radius 1 is 1.06 bits per heavy atom. The van der Waals surface area contributed by atoms with Gasteiger partial charge in [0.25, 0.3) is 0 Å². The van der Waals surface area contributed by atoms with Gasteiger partial charge in [0.05, 0.1) is 19.2 Å². The molecule has 3 aromatic rings. The van der Waals surface area contributed by atoms with E-state index in [2.05, 4.69) is 4.98 Å². The molecule has 0 spiro atoms. The number of nitrogens with zero attached hydrogens (tertiary/aromatic N) is 3. The van der Waals surface area contributed by atoms with Crippen molar-refractivity contribution >= 4 is 11.9 Å². The minimum Gasteiger partial charge on any atom is -0.497 e. The molecule has 1 fully saturated rings. The van der Waals surface area contributed by atoms with Gasteiger partial charge in [0.1, 0.15) is 5.75 Å². The van der Waals surface area contributed by atoms with E-state index in [1.165, 1.54) is 4.90 Å². The first-order chi connectivity index (χ1) is 16.0. The van der Waals surface area contributed by atoms with Crippen LogP contribution in [-0.2, 0) is 11.2 Å². The van der Waals surface area contributed by atoms with Crippen LogP contribution in [0.1, 0.15) is 42.0 Å². The van der Waals surface area contributed by atoms with Crippen molar-refractivity contribution < 1.29 is 14.3 Å². The number of likely N-dealkylation sites (N-methyl/N-ethyl adjacent to an activating group) is 1. The Morgan fingerprint density at radius 3 is 2.42 bits per heavy atom. The molecule has 0 aliphatic carbocycles. The normalized spacial score (nSPS) is 18.9. The van der Waals surface area contributed by atoms with Gasteiger partial charge in [-0.1, -0.05) is 48.5 Å². The van der Waals surface area contributed by atoms with Crippen molar-refractivity contribution in [1.29, 1.82) is 0 Å². The van der Waals surface area contributed by atoms with Crippen molar-refractivity contribution in [2.45, 2.75) is 37.8 Å². The Bertz CT molecular complexity index is 1090. The van der Waals surface area contributed by atoms with E-state index in [1.807, 2.05) is 73.7 Å². The minimum absolute atomic E-state index is 0.106. The van der Waals surface area contributed by atoms with Gasteiger partial charge in [-0.25, -0.2) is 4.79 Å². The van der Waals surface area contributed by atoms with Crippen molar-refractivity contribution in [3.63, 3.8) is 0 Å². The van der Waals surface area contributed by atoms with Gasteiger partial charge in [-0.3, -0.25) is 14.7 Å². The summed E-state index contributed by atoms with van der Waals surface area (Å²) >= 11 is 0. The summed E-state index contributed by atoms with van der Waals surface area (Å²) in [7, 11) is 3.40. The third-order valence-electron chi connectivity index (χ3n) is 6.48. The summed E-state index contributed by atoms with van der Waals surface area (Å²) < 4.78 is 5.26. The first kappa shape index (κ1) is 22.5. The number of hydrogen-bond acceptors (Lipinski definition) is 4. The number of rotatable bonds is 7. The molecule has 2 aromatic carbocycles. The lowest BCUT2D eigenvalue weighted by Gasteiger charge is -2.26. The first-order valence-corrected chi connectivity index (χ1v) is 11.2. The van der Waals surface area contributed by atoms with Crippen LogP contribution in [0, 0.1) is 0 Å². The zero-order valence-corrected chi connectivity index (χ0v) is 19.2. The van der Waals surface area contributed by atoms with Gasteiger partial charge < -0.3 is 9.64 Å². The van der Waals surface area contributed by atoms with Crippen molar-refractivity contribution in [2.24, 2.45) is 0 Å². The maximum atomic E-state index is 13.6. The predicted molar refractivity (Wildman–Crippen MR) is 127 cm³/mol. The van der Waals surface area contributed by atoms with Crippen LogP contribution in [0.2, 0.25) is 0 Å². The number of aromatic nitrogens is 1. The predicted octanol–water partition coefficient (Wildman–Crippen LogP) is 4.83. The number of imide groups is 1. The summed E-state index contributed by atoms with van der Waals surface area (Å²) in [6.07, 6.45) is 4.40. The van der Waals surface area contributed by atoms with Crippen LogP contribution in [0.15, 0.2) is 79.1 Å². The molecule has 0 radical (unpaired) electrons. The molecule has 3 amide bonds. The molecule has 1 aromatic heterocycles. The number of amides is 3. The van der Waals surface area contributed by atoms with Crippen LogP contribution >= 0.6 is 0 Å². The van der Waals surface area contributed by atoms with Gasteiger partial charge in [0, 0.05) is 25.9 Å². The van der Waals surface area contributed by atoms with E-state index in [0.29, 0.717) is 6.42 Å². The second kappa shape index (κ2) is 9.86. The van der Waals surface area contributed by atoms with Gasteiger partial charge >= 0.3 is 6.03 Å². The molecule has 6 heteroatoms. The van der Waals surface area contributed by atoms with Gasteiger partial charge in [-0.15, -0.1) is 0 Å². The molecule has 33 heavy (non-hydrogen) atoms. The number of methoxy groups -OCH3 is 1. The molecule has 6 nitrogen and oxygen atoms in total. The topological polar surface area (TPSA) is 62.7 Å². The lowest BCUT2D eigenvalue weighted by Crippen LogP contribution is -2.37.